The molecule has 2 heterocycles. The lowest BCUT2D eigenvalue weighted by Gasteiger charge is -2.20. The highest BCUT2D eigenvalue weighted by Crippen LogP contribution is 2.23. The molecule has 0 aliphatic heterocycles. The lowest BCUT2D eigenvalue weighted by Crippen LogP contribution is -2.24. The van der Waals surface area contributed by atoms with Crippen LogP contribution in [0.1, 0.15) is 24.2 Å². The van der Waals surface area contributed by atoms with Gasteiger partial charge in [-0.3, -0.25) is 0 Å². The standard InChI is InChI=1S/C18H20N4O/c1-4-22(12-8-11-15-9-6-5-7-10-15)17-16-18(20-13(2)19-17)23-14(3)21-16/h5-11H,4,12H2,1-3H3/b11-8+. The zero-order valence-electron chi connectivity index (χ0n) is 13.7. The number of hydrogen-bond donors (Lipinski definition) is 0. The Morgan fingerprint density at radius 3 is 2.61 bits per heavy atom. The minimum atomic E-state index is 0.551. The molecule has 5 nitrogen and oxygen atoms in total. The molecule has 3 aromatic rings. The first-order valence-electron chi connectivity index (χ1n) is 7.75. The smallest absolute Gasteiger partial charge is 0.252 e. The van der Waals surface area contributed by atoms with Gasteiger partial charge in [-0.1, -0.05) is 42.5 Å². The van der Waals surface area contributed by atoms with E-state index in [1.54, 1.807) is 0 Å². The third-order valence-corrected chi connectivity index (χ3v) is 3.58. The maximum absolute atomic E-state index is 5.55. The number of hydrogen-bond acceptors (Lipinski definition) is 5. The second-order valence-electron chi connectivity index (χ2n) is 5.33. The van der Waals surface area contributed by atoms with Crippen molar-refractivity contribution in [2.24, 2.45) is 0 Å². The van der Waals surface area contributed by atoms with E-state index >= 15 is 0 Å². The minimum Gasteiger partial charge on any atom is -0.422 e. The van der Waals surface area contributed by atoms with Gasteiger partial charge in [0.1, 0.15) is 5.82 Å². The summed E-state index contributed by atoms with van der Waals surface area (Å²) in [4.78, 5) is 15.5. The van der Waals surface area contributed by atoms with E-state index in [1.807, 2.05) is 32.0 Å². The SMILES string of the molecule is CCN(C/C=C/c1ccccc1)c1nc(C)nc2oc(C)nc12. The number of rotatable bonds is 5. The predicted molar refractivity (Wildman–Crippen MR) is 92.4 cm³/mol. The van der Waals surface area contributed by atoms with Crippen LogP contribution in [0, 0.1) is 13.8 Å². The Labute approximate surface area is 135 Å². The molecule has 0 unspecified atom stereocenters. The quantitative estimate of drug-likeness (QED) is 0.718. The van der Waals surface area contributed by atoms with Gasteiger partial charge in [0.2, 0.25) is 0 Å². The average molecular weight is 308 g/mol. The second-order valence-corrected chi connectivity index (χ2v) is 5.33. The maximum atomic E-state index is 5.55. The Morgan fingerprint density at radius 2 is 1.87 bits per heavy atom. The van der Waals surface area contributed by atoms with E-state index in [2.05, 4.69) is 51.1 Å². The van der Waals surface area contributed by atoms with E-state index in [4.69, 9.17) is 4.42 Å². The number of oxazole rings is 1. The normalized spacial score (nSPS) is 11.4. The van der Waals surface area contributed by atoms with E-state index in [1.165, 1.54) is 5.56 Å². The van der Waals surface area contributed by atoms with Crippen LogP contribution in [0.4, 0.5) is 5.82 Å². The van der Waals surface area contributed by atoms with Crippen LogP contribution in [-0.4, -0.2) is 28.0 Å². The highest BCUT2D eigenvalue weighted by molar-refractivity contribution is 5.82. The maximum Gasteiger partial charge on any atom is 0.252 e. The summed E-state index contributed by atoms with van der Waals surface area (Å²) in [6, 6.07) is 10.3. The third kappa shape index (κ3) is 3.39. The molecule has 2 aromatic heterocycles. The van der Waals surface area contributed by atoms with Gasteiger partial charge in [-0.15, -0.1) is 0 Å². The number of nitrogens with zero attached hydrogens (tertiary/aromatic N) is 4. The molecule has 0 aliphatic carbocycles. The molecular formula is C18H20N4O. The molecule has 0 fully saturated rings. The van der Waals surface area contributed by atoms with Crippen LogP contribution in [0.3, 0.4) is 0 Å². The molecule has 3 rings (SSSR count). The van der Waals surface area contributed by atoms with Gasteiger partial charge in [-0.2, -0.15) is 4.98 Å². The second kappa shape index (κ2) is 6.60. The van der Waals surface area contributed by atoms with Crippen molar-refractivity contribution < 1.29 is 4.42 Å². The summed E-state index contributed by atoms with van der Waals surface area (Å²) in [6.45, 7) is 7.38. The summed E-state index contributed by atoms with van der Waals surface area (Å²) in [7, 11) is 0. The highest BCUT2D eigenvalue weighted by atomic mass is 16.4. The molecule has 0 saturated heterocycles. The van der Waals surface area contributed by atoms with Crippen molar-refractivity contribution in [3.05, 3.63) is 53.7 Å². The van der Waals surface area contributed by atoms with Crippen molar-refractivity contribution in [2.45, 2.75) is 20.8 Å². The fourth-order valence-electron chi connectivity index (χ4n) is 2.48. The number of aromatic nitrogens is 3. The molecule has 0 atom stereocenters. The molecule has 0 amide bonds. The van der Waals surface area contributed by atoms with E-state index in [0.29, 0.717) is 17.4 Å². The van der Waals surface area contributed by atoms with Crippen molar-refractivity contribution in [3.63, 3.8) is 0 Å². The van der Waals surface area contributed by atoms with Crippen molar-refractivity contribution in [3.8, 4) is 0 Å². The third-order valence-electron chi connectivity index (χ3n) is 3.58. The average Bonchev–Trinajstić information content (AvgIpc) is 2.92. The van der Waals surface area contributed by atoms with Gasteiger partial charge in [0.05, 0.1) is 0 Å². The van der Waals surface area contributed by atoms with Crippen LogP contribution in [0.2, 0.25) is 0 Å². The molecule has 0 aliphatic rings. The summed E-state index contributed by atoms with van der Waals surface area (Å²) in [5.41, 5.74) is 2.46. The molecule has 0 spiro atoms. The largest absolute Gasteiger partial charge is 0.422 e. The molecule has 0 bridgehead atoms. The zero-order chi connectivity index (χ0) is 16.2. The lowest BCUT2D eigenvalue weighted by molar-refractivity contribution is 0.550. The molecule has 1 aromatic carbocycles. The molecule has 118 valence electrons. The molecule has 0 saturated carbocycles. The number of fused-ring (bicyclic) bond motifs is 1. The van der Waals surface area contributed by atoms with E-state index < -0.39 is 0 Å². The Morgan fingerprint density at radius 1 is 1.09 bits per heavy atom. The fraction of sp³-hybridized carbons (Fsp3) is 0.278. The number of anilines is 1. The topological polar surface area (TPSA) is 55.1 Å². The van der Waals surface area contributed by atoms with E-state index in [-0.39, 0.29) is 0 Å². The Bertz CT molecular complexity index is 824. The first kappa shape index (κ1) is 15.2. The summed E-state index contributed by atoms with van der Waals surface area (Å²) < 4.78 is 5.55. The summed E-state index contributed by atoms with van der Waals surface area (Å²) >= 11 is 0. The van der Waals surface area contributed by atoms with E-state index in [0.717, 1.165) is 24.4 Å². The van der Waals surface area contributed by atoms with Gasteiger partial charge in [-0.25, -0.2) is 9.97 Å². The van der Waals surface area contributed by atoms with Gasteiger partial charge < -0.3 is 9.32 Å². The molecule has 5 heteroatoms. The first-order valence-corrected chi connectivity index (χ1v) is 7.75. The van der Waals surface area contributed by atoms with Crippen molar-refractivity contribution in [2.75, 3.05) is 18.0 Å². The zero-order valence-corrected chi connectivity index (χ0v) is 13.7. The summed E-state index contributed by atoms with van der Waals surface area (Å²) in [5.74, 6) is 2.12. The van der Waals surface area contributed by atoms with Gasteiger partial charge in [0, 0.05) is 20.0 Å². The summed E-state index contributed by atoms with van der Waals surface area (Å²) in [6.07, 6.45) is 4.25. The van der Waals surface area contributed by atoms with Gasteiger partial charge in [0.25, 0.3) is 5.71 Å². The number of aryl methyl sites for hydroxylation is 2. The van der Waals surface area contributed by atoms with Crippen molar-refractivity contribution in [1.29, 1.82) is 0 Å². The van der Waals surface area contributed by atoms with Crippen LogP contribution in [-0.2, 0) is 0 Å². The predicted octanol–water partition coefficient (Wildman–Crippen LogP) is 3.77. The number of likely N-dealkylation sites (N-methyl/N-ethyl adjacent to an activating group) is 1. The van der Waals surface area contributed by atoms with Gasteiger partial charge >= 0.3 is 0 Å². The van der Waals surface area contributed by atoms with Crippen LogP contribution in [0.5, 0.6) is 0 Å². The monoisotopic (exact) mass is 308 g/mol. The Kier molecular flexibility index (Phi) is 4.37. The van der Waals surface area contributed by atoms with Crippen molar-refractivity contribution in [1.82, 2.24) is 15.0 Å². The first-order chi connectivity index (χ1) is 11.2. The molecule has 0 radical (unpaired) electrons. The van der Waals surface area contributed by atoms with Crippen LogP contribution in [0.15, 0.2) is 40.8 Å². The number of benzene rings is 1. The molecule has 0 N–H and O–H groups in total. The van der Waals surface area contributed by atoms with Crippen molar-refractivity contribution >= 4 is 23.1 Å². The van der Waals surface area contributed by atoms with Gasteiger partial charge in [-0.05, 0) is 19.4 Å². The van der Waals surface area contributed by atoms with Crippen LogP contribution in [0.25, 0.3) is 17.3 Å². The summed E-state index contributed by atoms with van der Waals surface area (Å²) in [5, 5.41) is 0. The molecule has 23 heavy (non-hydrogen) atoms. The van der Waals surface area contributed by atoms with E-state index in [9.17, 15) is 0 Å². The van der Waals surface area contributed by atoms with Gasteiger partial charge in [0.15, 0.2) is 17.2 Å². The molecular weight excluding hydrogens is 288 g/mol. The van der Waals surface area contributed by atoms with Crippen LogP contribution >= 0.6 is 0 Å². The Hall–Kier alpha value is -2.69. The minimum absolute atomic E-state index is 0.551. The Balaban J connectivity index is 1.87. The highest BCUT2D eigenvalue weighted by Gasteiger charge is 2.16. The fourth-order valence-corrected chi connectivity index (χ4v) is 2.48. The lowest BCUT2D eigenvalue weighted by atomic mass is 10.2. The van der Waals surface area contributed by atoms with Crippen LogP contribution < -0.4 is 4.90 Å².